The van der Waals surface area contributed by atoms with E-state index in [1.807, 2.05) is 0 Å². The van der Waals surface area contributed by atoms with Crippen molar-refractivity contribution >= 4 is 11.7 Å². The normalized spacial score (nSPS) is 22.8. The lowest BCUT2D eigenvalue weighted by molar-refractivity contribution is 0.0581. The quantitative estimate of drug-likeness (QED) is 0.672. The monoisotopic (exact) mass is 263 g/mol. The van der Waals surface area contributed by atoms with Crippen LogP contribution in [0.1, 0.15) is 43.0 Å². The van der Waals surface area contributed by atoms with E-state index in [4.69, 9.17) is 15.2 Å². The Bertz CT molecular complexity index is 459. The Morgan fingerprint density at radius 1 is 1.32 bits per heavy atom. The predicted octanol–water partition coefficient (Wildman–Crippen LogP) is 3.01. The number of benzene rings is 1. The molecule has 0 amide bonds. The number of hydrogen-bond acceptors (Lipinski definition) is 4. The lowest BCUT2D eigenvalue weighted by Gasteiger charge is -2.29. The van der Waals surface area contributed by atoms with Gasteiger partial charge in [-0.15, -0.1) is 0 Å². The number of esters is 1. The first kappa shape index (κ1) is 13.7. The highest BCUT2D eigenvalue weighted by molar-refractivity contribution is 5.93. The zero-order valence-electron chi connectivity index (χ0n) is 11.5. The van der Waals surface area contributed by atoms with Gasteiger partial charge in [0.1, 0.15) is 17.4 Å². The molecule has 1 saturated carbocycles. The molecule has 0 aromatic heterocycles. The molecule has 1 fully saturated rings. The van der Waals surface area contributed by atoms with E-state index in [0.29, 0.717) is 22.9 Å². The molecule has 1 aliphatic carbocycles. The van der Waals surface area contributed by atoms with Crippen LogP contribution in [0.2, 0.25) is 0 Å². The van der Waals surface area contributed by atoms with Crippen LogP contribution in [0, 0.1) is 5.92 Å². The van der Waals surface area contributed by atoms with E-state index in [0.717, 1.165) is 6.42 Å². The van der Waals surface area contributed by atoms with Crippen molar-refractivity contribution in [3.05, 3.63) is 23.8 Å². The number of nitrogen functional groups attached to an aromatic ring is 1. The van der Waals surface area contributed by atoms with Crippen molar-refractivity contribution in [2.45, 2.75) is 38.7 Å². The molecule has 1 aromatic carbocycles. The Hall–Kier alpha value is -1.71. The van der Waals surface area contributed by atoms with Gasteiger partial charge >= 0.3 is 5.97 Å². The average molecular weight is 263 g/mol. The number of rotatable bonds is 3. The second-order valence-corrected chi connectivity index (χ2v) is 5.17. The number of carbonyl (C=O) groups excluding carboxylic acids is 1. The fourth-order valence-corrected chi connectivity index (χ4v) is 2.54. The third-order valence-electron chi connectivity index (χ3n) is 3.72. The van der Waals surface area contributed by atoms with Crippen LogP contribution >= 0.6 is 0 Å². The largest absolute Gasteiger partial charge is 0.489 e. The highest BCUT2D eigenvalue weighted by atomic mass is 16.5. The topological polar surface area (TPSA) is 61.5 Å². The molecule has 0 radical (unpaired) electrons. The van der Waals surface area contributed by atoms with E-state index in [1.165, 1.54) is 26.4 Å². The van der Waals surface area contributed by atoms with Crippen molar-refractivity contribution < 1.29 is 14.3 Å². The van der Waals surface area contributed by atoms with Crippen molar-refractivity contribution in [2.75, 3.05) is 12.8 Å². The second kappa shape index (κ2) is 5.95. The van der Waals surface area contributed by atoms with Crippen LogP contribution in [-0.4, -0.2) is 19.2 Å². The van der Waals surface area contributed by atoms with Gasteiger partial charge in [0.2, 0.25) is 0 Å². The summed E-state index contributed by atoms with van der Waals surface area (Å²) in [5, 5.41) is 0. The molecule has 104 valence electrons. The summed E-state index contributed by atoms with van der Waals surface area (Å²) in [5.41, 5.74) is 6.65. The fraction of sp³-hybridized carbons (Fsp3) is 0.533. The highest BCUT2D eigenvalue weighted by Crippen LogP contribution is 2.30. The summed E-state index contributed by atoms with van der Waals surface area (Å²) in [5.74, 6) is 0.669. The van der Waals surface area contributed by atoms with Gasteiger partial charge in [0, 0.05) is 5.69 Å². The van der Waals surface area contributed by atoms with E-state index < -0.39 is 5.97 Å². The van der Waals surface area contributed by atoms with Crippen molar-refractivity contribution in [1.82, 2.24) is 0 Å². The summed E-state index contributed by atoms with van der Waals surface area (Å²) in [6.45, 7) is 2.19. The van der Waals surface area contributed by atoms with Crippen LogP contribution in [0.3, 0.4) is 0 Å². The van der Waals surface area contributed by atoms with E-state index in [1.54, 1.807) is 18.2 Å². The molecule has 1 aromatic rings. The summed E-state index contributed by atoms with van der Waals surface area (Å²) in [4.78, 5) is 11.8. The van der Waals surface area contributed by atoms with Crippen LogP contribution in [0.4, 0.5) is 5.69 Å². The minimum atomic E-state index is -0.411. The third-order valence-corrected chi connectivity index (χ3v) is 3.72. The van der Waals surface area contributed by atoms with Crippen LogP contribution in [0.15, 0.2) is 18.2 Å². The standard InChI is InChI=1S/C15H21NO3/c1-10-5-3-4-6-13(10)19-14-8-7-11(16)9-12(14)15(17)18-2/h7-10,13H,3-6,16H2,1-2H3. The minimum absolute atomic E-state index is 0.167. The summed E-state index contributed by atoms with van der Waals surface area (Å²) >= 11 is 0. The Labute approximate surface area is 113 Å². The predicted molar refractivity (Wildman–Crippen MR) is 74.2 cm³/mol. The minimum Gasteiger partial charge on any atom is -0.489 e. The Morgan fingerprint density at radius 3 is 2.74 bits per heavy atom. The maximum absolute atomic E-state index is 11.8. The number of carbonyl (C=O) groups is 1. The molecular weight excluding hydrogens is 242 g/mol. The molecule has 1 aliphatic rings. The second-order valence-electron chi connectivity index (χ2n) is 5.17. The van der Waals surface area contributed by atoms with Gasteiger partial charge in [-0.1, -0.05) is 13.3 Å². The highest BCUT2D eigenvalue weighted by Gasteiger charge is 2.25. The molecule has 2 atom stereocenters. The van der Waals surface area contributed by atoms with Crippen molar-refractivity contribution in [1.29, 1.82) is 0 Å². The van der Waals surface area contributed by atoms with Crippen LogP contribution in [-0.2, 0) is 4.74 Å². The van der Waals surface area contributed by atoms with Crippen LogP contribution in [0.25, 0.3) is 0 Å². The van der Waals surface area contributed by atoms with Gasteiger partial charge in [-0.25, -0.2) is 4.79 Å². The van der Waals surface area contributed by atoms with Crippen molar-refractivity contribution in [3.63, 3.8) is 0 Å². The SMILES string of the molecule is COC(=O)c1cc(N)ccc1OC1CCCCC1C. The zero-order chi connectivity index (χ0) is 13.8. The average Bonchev–Trinajstić information content (AvgIpc) is 2.42. The molecule has 2 rings (SSSR count). The zero-order valence-corrected chi connectivity index (χ0v) is 11.5. The lowest BCUT2D eigenvalue weighted by Crippen LogP contribution is -2.29. The van der Waals surface area contributed by atoms with Gasteiger partial charge in [0.05, 0.1) is 7.11 Å². The molecule has 0 bridgehead atoms. The summed E-state index contributed by atoms with van der Waals surface area (Å²) in [6, 6.07) is 5.10. The molecule has 0 aliphatic heterocycles. The fourth-order valence-electron chi connectivity index (χ4n) is 2.54. The summed E-state index contributed by atoms with van der Waals surface area (Å²) in [7, 11) is 1.36. The van der Waals surface area contributed by atoms with E-state index in [9.17, 15) is 4.79 Å². The summed E-state index contributed by atoms with van der Waals surface area (Å²) < 4.78 is 10.8. The van der Waals surface area contributed by atoms with Gasteiger partial charge in [-0.3, -0.25) is 0 Å². The van der Waals surface area contributed by atoms with Crippen molar-refractivity contribution in [2.24, 2.45) is 5.92 Å². The number of ether oxygens (including phenoxy) is 2. The van der Waals surface area contributed by atoms with E-state index in [2.05, 4.69) is 6.92 Å². The maximum Gasteiger partial charge on any atom is 0.341 e. The van der Waals surface area contributed by atoms with Gasteiger partial charge in [-0.05, 0) is 43.4 Å². The number of methoxy groups -OCH3 is 1. The molecule has 4 nitrogen and oxygen atoms in total. The van der Waals surface area contributed by atoms with Gasteiger partial charge in [0.25, 0.3) is 0 Å². The molecule has 0 heterocycles. The van der Waals surface area contributed by atoms with Gasteiger partial charge in [0.15, 0.2) is 0 Å². The third kappa shape index (κ3) is 3.19. The molecule has 2 N–H and O–H groups in total. The Balaban J connectivity index is 2.21. The molecule has 2 unspecified atom stereocenters. The Kier molecular flexibility index (Phi) is 4.30. The van der Waals surface area contributed by atoms with E-state index in [-0.39, 0.29) is 6.10 Å². The molecule has 4 heteroatoms. The smallest absolute Gasteiger partial charge is 0.341 e. The number of hydrogen-bond donors (Lipinski definition) is 1. The maximum atomic E-state index is 11.8. The first-order valence-electron chi connectivity index (χ1n) is 6.76. The lowest BCUT2D eigenvalue weighted by atomic mass is 9.88. The molecule has 0 saturated heterocycles. The van der Waals surface area contributed by atoms with Crippen molar-refractivity contribution in [3.8, 4) is 5.75 Å². The molecule has 19 heavy (non-hydrogen) atoms. The first-order chi connectivity index (χ1) is 9.11. The number of anilines is 1. The molecular formula is C15H21NO3. The van der Waals surface area contributed by atoms with Gasteiger partial charge in [-0.2, -0.15) is 0 Å². The Morgan fingerprint density at radius 2 is 2.05 bits per heavy atom. The first-order valence-corrected chi connectivity index (χ1v) is 6.76. The van der Waals surface area contributed by atoms with Gasteiger partial charge < -0.3 is 15.2 Å². The number of nitrogens with two attached hydrogens (primary N) is 1. The summed E-state index contributed by atoms with van der Waals surface area (Å²) in [6.07, 6.45) is 4.81. The van der Waals surface area contributed by atoms with Crippen LogP contribution in [0.5, 0.6) is 5.75 Å². The molecule has 0 spiro atoms. The van der Waals surface area contributed by atoms with Crippen LogP contribution < -0.4 is 10.5 Å². The van der Waals surface area contributed by atoms with E-state index >= 15 is 0 Å².